The molecule has 0 saturated heterocycles. The van der Waals surface area contributed by atoms with Crippen molar-refractivity contribution in [2.24, 2.45) is 0 Å². The minimum atomic E-state index is -0.00856. The monoisotopic (exact) mass is 267 g/mol. The van der Waals surface area contributed by atoms with Crippen molar-refractivity contribution >= 4 is 0 Å². The first-order chi connectivity index (χ1) is 9.86. The Balaban J connectivity index is 1.94. The molecule has 20 heavy (non-hydrogen) atoms. The average molecular weight is 267 g/mol. The van der Waals surface area contributed by atoms with Gasteiger partial charge in [-0.2, -0.15) is 0 Å². The van der Waals surface area contributed by atoms with Gasteiger partial charge in [0.15, 0.2) is 5.76 Å². The van der Waals surface area contributed by atoms with Crippen molar-refractivity contribution < 1.29 is 14.6 Å². The minimum Gasteiger partial charge on any atom is -0.439 e. The molecule has 0 amide bonds. The van der Waals surface area contributed by atoms with Crippen LogP contribution in [-0.2, 0) is 11.5 Å². The summed E-state index contributed by atoms with van der Waals surface area (Å²) in [7, 11) is 0. The van der Waals surface area contributed by atoms with E-state index in [4.69, 9.17) is 9.67 Å². The first-order valence-electron chi connectivity index (χ1n) is 6.24. The Kier molecular flexibility index (Phi) is 3.58. The standard InChI is InChI=1S/C16H13NO3/c18-19-11-15-10-17-16(20-15)14-8-4-7-13(9-14)12-5-2-1-3-6-12/h1-10,18H,11H2. The Morgan fingerprint density at radius 3 is 2.50 bits per heavy atom. The van der Waals surface area contributed by atoms with Crippen LogP contribution < -0.4 is 0 Å². The van der Waals surface area contributed by atoms with Crippen LogP contribution in [0.15, 0.2) is 65.2 Å². The van der Waals surface area contributed by atoms with Crippen LogP contribution in [0.4, 0.5) is 0 Å². The summed E-state index contributed by atoms with van der Waals surface area (Å²) >= 11 is 0. The lowest BCUT2D eigenvalue weighted by atomic mass is 10.0. The molecule has 4 heteroatoms. The number of rotatable bonds is 4. The number of nitrogens with zero attached hydrogens (tertiary/aromatic N) is 1. The van der Waals surface area contributed by atoms with E-state index in [2.05, 4.69) is 22.0 Å². The summed E-state index contributed by atoms with van der Waals surface area (Å²) < 4.78 is 5.50. The van der Waals surface area contributed by atoms with Crippen molar-refractivity contribution in [2.45, 2.75) is 6.61 Å². The van der Waals surface area contributed by atoms with Crippen molar-refractivity contribution in [2.75, 3.05) is 0 Å². The molecule has 0 unspecified atom stereocenters. The van der Waals surface area contributed by atoms with Gasteiger partial charge in [0.2, 0.25) is 5.89 Å². The molecule has 0 aliphatic heterocycles. The van der Waals surface area contributed by atoms with E-state index in [0.29, 0.717) is 11.7 Å². The summed E-state index contributed by atoms with van der Waals surface area (Å²) in [6.07, 6.45) is 1.54. The molecule has 3 rings (SSSR count). The lowest BCUT2D eigenvalue weighted by molar-refractivity contribution is -0.255. The van der Waals surface area contributed by atoms with Crippen LogP contribution in [0.2, 0.25) is 0 Å². The number of oxazole rings is 1. The Morgan fingerprint density at radius 1 is 0.950 bits per heavy atom. The highest BCUT2D eigenvalue weighted by atomic mass is 17.1. The average Bonchev–Trinajstić information content (AvgIpc) is 2.97. The molecule has 0 saturated carbocycles. The Hall–Kier alpha value is -2.43. The summed E-state index contributed by atoms with van der Waals surface area (Å²) in [6.45, 7) is -0.00856. The zero-order valence-corrected chi connectivity index (χ0v) is 10.7. The summed E-state index contributed by atoms with van der Waals surface area (Å²) in [5.41, 5.74) is 3.12. The topological polar surface area (TPSA) is 55.5 Å². The zero-order valence-electron chi connectivity index (χ0n) is 10.7. The molecular formula is C16H13NO3. The van der Waals surface area contributed by atoms with Gasteiger partial charge < -0.3 is 4.42 Å². The summed E-state index contributed by atoms with van der Waals surface area (Å²) in [5.74, 6) is 0.988. The number of benzene rings is 2. The third-order valence-electron chi connectivity index (χ3n) is 2.98. The Bertz CT molecular complexity index is 692. The van der Waals surface area contributed by atoms with Crippen molar-refractivity contribution in [3.05, 3.63) is 66.6 Å². The molecule has 1 aromatic heterocycles. The molecule has 0 aliphatic carbocycles. The van der Waals surface area contributed by atoms with E-state index in [0.717, 1.165) is 16.7 Å². The maximum atomic E-state index is 8.40. The molecule has 0 fully saturated rings. The van der Waals surface area contributed by atoms with Gasteiger partial charge in [-0.15, -0.1) is 0 Å². The maximum absolute atomic E-state index is 8.40. The lowest BCUT2D eigenvalue weighted by Crippen LogP contribution is -1.83. The molecule has 100 valence electrons. The molecule has 0 bridgehead atoms. The van der Waals surface area contributed by atoms with E-state index < -0.39 is 0 Å². The molecule has 2 aromatic carbocycles. The van der Waals surface area contributed by atoms with E-state index in [1.54, 1.807) is 6.20 Å². The second-order valence-corrected chi connectivity index (χ2v) is 4.35. The largest absolute Gasteiger partial charge is 0.439 e. The predicted octanol–water partition coefficient (Wildman–Crippen LogP) is 4.00. The first kappa shape index (κ1) is 12.6. The van der Waals surface area contributed by atoms with Gasteiger partial charge in [-0.3, -0.25) is 5.26 Å². The van der Waals surface area contributed by atoms with Gasteiger partial charge in [-0.05, 0) is 23.3 Å². The van der Waals surface area contributed by atoms with Crippen molar-refractivity contribution in [1.82, 2.24) is 4.98 Å². The van der Waals surface area contributed by atoms with Crippen LogP contribution in [0.1, 0.15) is 5.76 Å². The van der Waals surface area contributed by atoms with Crippen LogP contribution >= 0.6 is 0 Å². The molecular weight excluding hydrogens is 254 g/mol. The van der Waals surface area contributed by atoms with Gasteiger partial charge in [-0.25, -0.2) is 9.87 Å². The molecule has 0 spiro atoms. The van der Waals surface area contributed by atoms with Crippen LogP contribution in [0.25, 0.3) is 22.6 Å². The second-order valence-electron chi connectivity index (χ2n) is 4.35. The number of aromatic nitrogens is 1. The predicted molar refractivity (Wildman–Crippen MR) is 74.8 cm³/mol. The molecule has 0 radical (unpaired) electrons. The van der Waals surface area contributed by atoms with Crippen LogP contribution in [0, 0.1) is 0 Å². The lowest BCUT2D eigenvalue weighted by Gasteiger charge is -2.03. The van der Waals surface area contributed by atoms with Crippen molar-refractivity contribution in [1.29, 1.82) is 0 Å². The van der Waals surface area contributed by atoms with Gasteiger partial charge in [0.1, 0.15) is 6.61 Å². The quantitative estimate of drug-likeness (QED) is 0.573. The van der Waals surface area contributed by atoms with Gasteiger partial charge in [0, 0.05) is 5.56 Å². The SMILES string of the molecule is OOCc1cnc(-c2cccc(-c3ccccc3)c2)o1. The molecule has 3 aromatic rings. The fraction of sp³-hybridized carbons (Fsp3) is 0.0625. The van der Waals surface area contributed by atoms with E-state index >= 15 is 0 Å². The van der Waals surface area contributed by atoms with Gasteiger partial charge in [0.25, 0.3) is 0 Å². The van der Waals surface area contributed by atoms with E-state index in [-0.39, 0.29) is 6.61 Å². The highest BCUT2D eigenvalue weighted by Gasteiger charge is 2.08. The van der Waals surface area contributed by atoms with E-state index in [1.807, 2.05) is 42.5 Å². The number of hydrogen-bond donors (Lipinski definition) is 1. The molecule has 1 heterocycles. The highest BCUT2D eigenvalue weighted by molar-refractivity contribution is 5.69. The minimum absolute atomic E-state index is 0.00856. The van der Waals surface area contributed by atoms with E-state index in [9.17, 15) is 0 Å². The second kappa shape index (κ2) is 5.69. The van der Waals surface area contributed by atoms with Crippen molar-refractivity contribution in [3.8, 4) is 22.6 Å². The van der Waals surface area contributed by atoms with Gasteiger partial charge in [0.05, 0.1) is 6.20 Å². The molecule has 1 N–H and O–H groups in total. The van der Waals surface area contributed by atoms with Gasteiger partial charge in [-0.1, -0.05) is 42.5 Å². The summed E-state index contributed by atoms with van der Waals surface area (Å²) in [5, 5.41) is 8.40. The van der Waals surface area contributed by atoms with Crippen LogP contribution in [0.5, 0.6) is 0 Å². The third kappa shape index (κ3) is 2.61. The normalized spacial score (nSPS) is 10.7. The summed E-state index contributed by atoms with van der Waals surface area (Å²) in [6, 6.07) is 18.1. The fourth-order valence-electron chi connectivity index (χ4n) is 2.03. The first-order valence-corrected chi connectivity index (χ1v) is 6.24. The number of hydrogen-bond acceptors (Lipinski definition) is 4. The van der Waals surface area contributed by atoms with Crippen LogP contribution in [0.3, 0.4) is 0 Å². The Labute approximate surface area is 116 Å². The molecule has 0 atom stereocenters. The summed E-state index contributed by atoms with van der Waals surface area (Å²) in [4.78, 5) is 8.22. The highest BCUT2D eigenvalue weighted by Crippen LogP contribution is 2.26. The van der Waals surface area contributed by atoms with Crippen LogP contribution in [-0.4, -0.2) is 10.2 Å². The smallest absolute Gasteiger partial charge is 0.226 e. The molecule has 4 nitrogen and oxygen atoms in total. The van der Waals surface area contributed by atoms with Crippen molar-refractivity contribution in [3.63, 3.8) is 0 Å². The maximum Gasteiger partial charge on any atom is 0.226 e. The fourth-order valence-corrected chi connectivity index (χ4v) is 2.03. The third-order valence-corrected chi connectivity index (χ3v) is 2.98. The molecule has 0 aliphatic rings. The van der Waals surface area contributed by atoms with Gasteiger partial charge >= 0.3 is 0 Å². The Morgan fingerprint density at radius 2 is 1.70 bits per heavy atom. The zero-order chi connectivity index (χ0) is 13.8. The van der Waals surface area contributed by atoms with E-state index in [1.165, 1.54) is 0 Å².